The summed E-state index contributed by atoms with van der Waals surface area (Å²) < 4.78 is 18.9. The topological polar surface area (TPSA) is 55.4 Å². The summed E-state index contributed by atoms with van der Waals surface area (Å²) in [6, 6.07) is 11.1. The fourth-order valence-corrected chi connectivity index (χ4v) is 2.59. The van der Waals surface area contributed by atoms with Crippen LogP contribution in [0.15, 0.2) is 42.5 Å². The van der Waals surface area contributed by atoms with Crippen molar-refractivity contribution in [3.05, 3.63) is 64.4 Å². The number of benzene rings is 2. The second-order valence-electron chi connectivity index (χ2n) is 6.06. The van der Waals surface area contributed by atoms with E-state index < -0.39 is 23.8 Å². The van der Waals surface area contributed by atoms with Crippen LogP contribution in [-0.4, -0.2) is 18.0 Å². The number of rotatable bonds is 6. The number of carbonyl (C=O) groups is 2. The van der Waals surface area contributed by atoms with Crippen molar-refractivity contribution in [1.82, 2.24) is 0 Å². The number of amides is 1. The highest BCUT2D eigenvalue weighted by Crippen LogP contribution is 2.26. The molecule has 0 spiro atoms. The van der Waals surface area contributed by atoms with E-state index >= 15 is 0 Å². The van der Waals surface area contributed by atoms with Gasteiger partial charge in [-0.2, -0.15) is 0 Å². The molecule has 0 saturated heterocycles. The number of nitrogens with one attached hydrogen (secondary N) is 1. The van der Waals surface area contributed by atoms with Crippen molar-refractivity contribution in [2.45, 2.75) is 39.2 Å². The lowest BCUT2D eigenvalue weighted by molar-refractivity contribution is -0.123. The zero-order valence-corrected chi connectivity index (χ0v) is 15.6. The maximum Gasteiger partial charge on any atom is 0.341 e. The van der Waals surface area contributed by atoms with Crippen molar-refractivity contribution in [2.24, 2.45) is 0 Å². The van der Waals surface area contributed by atoms with Crippen LogP contribution in [0.2, 0.25) is 5.02 Å². The van der Waals surface area contributed by atoms with Crippen LogP contribution in [-0.2, 0) is 9.53 Å². The first-order valence-electron chi connectivity index (χ1n) is 8.39. The predicted molar refractivity (Wildman–Crippen MR) is 100 cm³/mol. The summed E-state index contributed by atoms with van der Waals surface area (Å²) in [4.78, 5) is 24.5. The van der Waals surface area contributed by atoms with Gasteiger partial charge in [-0.15, -0.1) is 0 Å². The summed E-state index contributed by atoms with van der Waals surface area (Å²) in [7, 11) is 0. The molecular formula is C20H21ClFNO3. The lowest BCUT2D eigenvalue weighted by Crippen LogP contribution is -2.30. The first-order chi connectivity index (χ1) is 12.3. The smallest absolute Gasteiger partial charge is 0.341 e. The van der Waals surface area contributed by atoms with Crippen LogP contribution in [0.25, 0.3) is 0 Å². The monoisotopic (exact) mass is 377 g/mol. The molecule has 2 aromatic carbocycles. The van der Waals surface area contributed by atoms with E-state index in [0.29, 0.717) is 5.69 Å². The SMILES string of the molecule is CCC(C)c1ccccc1NC(=O)C(C)OC(=O)c1ccc(Cl)cc1F. The molecular weight excluding hydrogens is 357 g/mol. The Balaban J connectivity index is 2.07. The number of halogens is 2. The molecule has 1 N–H and O–H groups in total. The van der Waals surface area contributed by atoms with Gasteiger partial charge in [0.2, 0.25) is 0 Å². The Kier molecular flexibility index (Phi) is 6.75. The van der Waals surface area contributed by atoms with Crippen molar-refractivity contribution in [2.75, 3.05) is 5.32 Å². The standard InChI is InChI=1S/C20H21ClFNO3/c1-4-12(2)15-7-5-6-8-18(15)23-19(24)13(3)26-20(25)16-10-9-14(21)11-17(16)22/h5-13H,4H2,1-3H3,(H,23,24). The first kappa shape index (κ1) is 19.9. The molecule has 4 nitrogen and oxygen atoms in total. The summed E-state index contributed by atoms with van der Waals surface area (Å²) in [5, 5.41) is 2.95. The molecule has 0 aliphatic rings. The number of para-hydroxylation sites is 1. The van der Waals surface area contributed by atoms with Crippen LogP contribution in [0, 0.1) is 5.82 Å². The molecule has 0 aromatic heterocycles. The number of hydrogen-bond acceptors (Lipinski definition) is 3. The van der Waals surface area contributed by atoms with Gasteiger partial charge in [0, 0.05) is 10.7 Å². The maximum absolute atomic E-state index is 13.8. The first-order valence-corrected chi connectivity index (χ1v) is 8.77. The third kappa shape index (κ3) is 4.82. The normalized spacial score (nSPS) is 13.0. The molecule has 2 atom stereocenters. The molecule has 0 radical (unpaired) electrons. The zero-order chi connectivity index (χ0) is 19.3. The van der Waals surface area contributed by atoms with Crippen LogP contribution in [0.5, 0.6) is 0 Å². The van der Waals surface area contributed by atoms with Crippen molar-refractivity contribution < 1.29 is 18.7 Å². The van der Waals surface area contributed by atoms with Gasteiger partial charge in [0.05, 0.1) is 5.56 Å². The minimum Gasteiger partial charge on any atom is -0.449 e. The highest BCUT2D eigenvalue weighted by molar-refractivity contribution is 6.30. The molecule has 2 aromatic rings. The van der Waals surface area contributed by atoms with Crippen molar-refractivity contribution in [3.8, 4) is 0 Å². The lowest BCUT2D eigenvalue weighted by atomic mass is 9.97. The van der Waals surface area contributed by atoms with Crippen LogP contribution >= 0.6 is 11.6 Å². The molecule has 2 unspecified atom stereocenters. The Morgan fingerprint density at radius 1 is 1.19 bits per heavy atom. The van der Waals surface area contributed by atoms with E-state index in [0.717, 1.165) is 18.1 Å². The summed E-state index contributed by atoms with van der Waals surface area (Å²) >= 11 is 5.66. The molecule has 1 amide bonds. The fraction of sp³-hybridized carbons (Fsp3) is 0.300. The number of anilines is 1. The van der Waals surface area contributed by atoms with Gasteiger partial charge < -0.3 is 10.1 Å². The third-order valence-electron chi connectivity index (χ3n) is 4.17. The molecule has 0 heterocycles. The van der Waals surface area contributed by atoms with Gasteiger partial charge in [0.1, 0.15) is 5.82 Å². The van der Waals surface area contributed by atoms with Gasteiger partial charge in [0.25, 0.3) is 5.91 Å². The van der Waals surface area contributed by atoms with Crippen LogP contribution in [0.1, 0.15) is 49.0 Å². The average molecular weight is 378 g/mol. The largest absolute Gasteiger partial charge is 0.449 e. The number of ether oxygens (including phenoxy) is 1. The third-order valence-corrected chi connectivity index (χ3v) is 4.40. The van der Waals surface area contributed by atoms with E-state index in [-0.39, 0.29) is 16.5 Å². The summed E-state index contributed by atoms with van der Waals surface area (Å²) in [5.41, 5.74) is 1.41. The molecule has 26 heavy (non-hydrogen) atoms. The minimum absolute atomic E-state index is 0.173. The summed E-state index contributed by atoms with van der Waals surface area (Å²) in [6.45, 7) is 5.57. The van der Waals surface area contributed by atoms with Gasteiger partial charge in [-0.1, -0.05) is 43.6 Å². The van der Waals surface area contributed by atoms with E-state index in [1.165, 1.54) is 19.1 Å². The Labute approximate surface area is 157 Å². The molecule has 0 aliphatic carbocycles. The molecule has 0 aliphatic heterocycles. The van der Waals surface area contributed by atoms with Gasteiger partial charge >= 0.3 is 5.97 Å². The van der Waals surface area contributed by atoms with E-state index in [2.05, 4.69) is 19.2 Å². The van der Waals surface area contributed by atoms with E-state index in [1.54, 1.807) is 6.07 Å². The molecule has 0 saturated carbocycles. The average Bonchev–Trinajstić information content (AvgIpc) is 2.61. The number of hydrogen-bond donors (Lipinski definition) is 1. The van der Waals surface area contributed by atoms with Crippen molar-refractivity contribution in [1.29, 1.82) is 0 Å². The second-order valence-corrected chi connectivity index (χ2v) is 6.49. The van der Waals surface area contributed by atoms with E-state index in [1.807, 2.05) is 18.2 Å². The Morgan fingerprint density at radius 2 is 1.88 bits per heavy atom. The predicted octanol–water partition coefficient (Wildman–Crippen LogP) is 5.18. The molecule has 0 bridgehead atoms. The zero-order valence-electron chi connectivity index (χ0n) is 14.9. The van der Waals surface area contributed by atoms with Crippen LogP contribution in [0.4, 0.5) is 10.1 Å². The van der Waals surface area contributed by atoms with Crippen LogP contribution in [0.3, 0.4) is 0 Å². The Hall–Kier alpha value is -2.40. The molecule has 2 rings (SSSR count). The number of carbonyl (C=O) groups excluding carboxylic acids is 2. The lowest BCUT2D eigenvalue weighted by Gasteiger charge is -2.18. The minimum atomic E-state index is -1.08. The Morgan fingerprint density at radius 3 is 2.54 bits per heavy atom. The quantitative estimate of drug-likeness (QED) is 0.706. The summed E-state index contributed by atoms with van der Waals surface area (Å²) in [5.74, 6) is -1.93. The van der Waals surface area contributed by atoms with Gasteiger partial charge in [-0.3, -0.25) is 4.79 Å². The van der Waals surface area contributed by atoms with Crippen LogP contribution < -0.4 is 5.32 Å². The molecule has 138 valence electrons. The highest BCUT2D eigenvalue weighted by atomic mass is 35.5. The van der Waals surface area contributed by atoms with Gasteiger partial charge in [-0.25, -0.2) is 9.18 Å². The maximum atomic E-state index is 13.8. The second kappa shape index (κ2) is 8.81. The molecule has 6 heteroatoms. The molecule has 0 fully saturated rings. The fourth-order valence-electron chi connectivity index (χ4n) is 2.43. The van der Waals surface area contributed by atoms with E-state index in [4.69, 9.17) is 16.3 Å². The number of esters is 1. The summed E-state index contributed by atoms with van der Waals surface area (Å²) in [6.07, 6.45) is -0.157. The van der Waals surface area contributed by atoms with Crippen molar-refractivity contribution >= 4 is 29.2 Å². The van der Waals surface area contributed by atoms with Gasteiger partial charge in [0.15, 0.2) is 6.10 Å². The Bertz CT molecular complexity index is 809. The highest BCUT2D eigenvalue weighted by Gasteiger charge is 2.22. The van der Waals surface area contributed by atoms with Gasteiger partial charge in [-0.05, 0) is 49.1 Å². The van der Waals surface area contributed by atoms with E-state index in [9.17, 15) is 14.0 Å². The van der Waals surface area contributed by atoms with Crippen molar-refractivity contribution in [3.63, 3.8) is 0 Å².